The molecule has 0 bridgehead atoms. The van der Waals surface area contributed by atoms with E-state index in [1.165, 1.54) is 6.07 Å². The number of aromatic nitrogens is 1. The van der Waals surface area contributed by atoms with Gasteiger partial charge in [0.15, 0.2) is 5.58 Å². The maximum absolute atomic E-state index is 15.3. The van der Waals surface area contributed by atoms with Crippen molar-refractivity contribution in [2.24, 2.45) is 0 Å². The molecule has 4 nitrogen and oxygen atoms in total. The van der Waals surface area contributed by atoms with Crippen LogP contribution in [0.2, 0.25) is 5.02 Å². The fourth-order valence-corrected chi connectivity index (χ4v) is 5.41. The second-order valence-electron chi connectivity index (χ2n) is 7.44. The van der Waals surface area contributed by atoms with Gasteiger partial charge in [0.1, 0.15) is 10.4 Å². The molecule has 1 aliphatic rings. The molecule has 2 aromatic rings. The van der Waals surface area contributed by atoms with Crippen LogP contribution in [0.3, 0.4) is 0 Å². The average Bonchev–Trinajstić information content (AvgIpc) is 2.91. The molecule has 1 aromatic carbocycles. The molecule has 132 valence electrons. The van der Waals surface area contributed by atoms with Crippen molar-refractivity contribution >= 4 is 32.5 Å². The van der Waals surface area contributed by atoms with E-state index in [0.29, 0.717) is 24.2 Å². The third kappa shape index (κ3) is 2.73. The summed E-state index contributed by atoms with van der Waals surface area (Å²) in [6.45, 7) is 5.72. The molecule has 0 atom stereocenters. The molecule has 0 spiro atoms. The molecule has 0 amide bonds. The molecule has 1 aliphatic carbocycles. The first-order valence-corrected chi connectivity index (χ1v) is 9.95. The van der Waals surface area contributed by atoms with Gasteiger partial charge in [-0.1, -0.05) is 38.8 Å². The van der Waals surface area contributed by atoms with Crippen LogP contribution in [0.5, 0.6) is 0 Å². The van der Waals surface area contributed by atoms with E-state index in [-0.39, 0.29) is 28.3 Å². The molecule has 7 heteroatoms. The maximum atomic E-state index is 15.3. The highest BCUT2D eigenvalue weighted by atomic mass is 35.5. The van der Waals surface area contributed by atoms with Crippen molar-refractivity contribution < 1.29 is 17.2 Å². The summed E-state index contributed by atoms with van der Waals surface area (Å²) < 4.78 is 47.1. The van der Waals surface area contributed by atoms with Crippen molar-refractivity contribution in [2.45, 2.75) is 68.2 Å². The van der Waals surface area contributed by atoms with Crippen molar-refractivity contribution in [3.8, 4) is 0 Å². The quantitative estimate of drug-likeness (QED) is 0.727. The molecule has 0 aliphatic heterocycles. The molecule has 1 heterocycles. The number of sulfone groups is 1. The third-order valence-electron chi connectivity index (χ3n) is 4.46. The summed E-state index contributed by atoms with van der Waals surface area (Å²) in [4.78, 5) is 4.09. The molecular weight excluding hydrogens is 353 g/mol. The molecule has 0 unspecified atom stereocenters. The standard InChI is InChI=1S/C17H21ClFNO3S/c1-16(2,3)15-20-12-8-7-11(18)14(13(12)23-15)24(21,22)17(19)9-5-4-6-10-17/h7-8H,4-6,9-10H2,1-3H3. The topological polar surface area (TPSA) is 60.2 Å². The van der Waals surface area contributed by atoms with Crippen LogP contribution in [-0.4, -0.2) is 18.4 Å². The van der Waals surface area contributed by atoms with Crippen LogP contribution >= 0.6 is 11.6 Å². The van der Waals surface area contributed by atoms with Gasteiger partial charge in [-0.3, -0.25) is 0 Å². The van der Waals surface area contributed by atoms with Crippen LogP contribution in [0.25, 0.3) is 11.1 Å². The zero-order valence-electron chi connectivity index (χ0n) is 14.0. The average molecular weight is 374 g/mol. The molecule has 0 radical (unpaired) electrons. The summed E-state index contributed by atoms with van der Waals surface area (Å²) in [6.07, 6.45) is 1.92. The van der Waals surface area contributed by atoms with Crippen molar-refractivity contribution in [3.05, 3.63) is 23.0 Å². The Bertz CT molecular complexity index is 877. The SMILES string of the molecule is CC(C)(C)c1nc2ccc(Cl)c(S(=O)(=O)C3(F)CCCCC3)c2o1. The van der Waals surface area contributed by atoms with E-state index >= 15 is 4.39 Å². The molecule has 1 aromatic heterocycles. The third-order valence-corrected chi connectivity index (χ3v) is 7.20. The van der Waals surface area contributed by atoms with Gasteiger partial charge in [0, 0.05) is 5.41 Å². The molecular formula is C17H21ClFNO3S. The van der Waals surface area contributed by atoms with Crippen LogP contribution in [0.4, 0.5) is 4.39 Å². The van der Waals surface area contributed by atoms with E-state index in [4.69, 9.17) is 16.0 Å². The molecule has 1 saturated carbocycles. The zero-order chi connectivity index (χ0) is 17.8. The van der Waals surface area contributed by atoms with Crippen LogP contribution in [-0.2, 0) is 15.3 Å². The highest BCUT2D eigenvalue weighted by Crippen LogP contribution is 2.44. The van der Waals surface area contributed by atoms with Crippen molar-refractivity contribution in [1.82, 2.24) is 4.98 Å². The van der Waals surface area contributed by atoms with E-state index in [0.717, 1.165) is 6.42 Å². The molecule has 24 heavy (non-hydrogen) atoms. The lowest BCUT2D eigenvalue weighted by atomic mass is 9.97. The summed E-state index contributed by atoms with van der Waals surface area (Å²) in [5.74, 6) is 0.396. The Morgan fingerprint density at radius 3 is 2.42 bits per heavy atom. The fraction of sp³-hybridized carbons (Fsp3) is 0.588. The van der Waals surface area contributed by atoms with E-state index in [1.807, 2.05) is 20.8 Å². The number of nitrogens with zero attached hydrogens (tertiary/aromatic N) is 1. The van der Waals surface area contributed by atoms with Crippen LogP contribution in [0, 0.1) is 0 Å². The molecule has 1 fully saturated rings. The van der Waals surface area contributed by atoms with Crippen molar-refractivity contribution in [3.63, 3.8) is 0 Å². The number of oxazole rings is 1. The smallest absolute Gasteiger partial charge is 0.218 e. The van der Waals surface area contributed by atoms with Crippen LogP contribution in [0.1, 0.15) is 58.8 Å². The summed E-state index contributed by atoms with van der Waals surface area (Å²) in [5, 5.41) is -2.32. The summed E-state index contributed by atoms with van der Waals surface area (Å²) >= 11 is 6.16. The van der Waals surface area contributed by atoms with Gasteiger partial charge in [-0.05, 0) is 37.8 Å². The Hall–Kier alpha value is -1.14. The van der Waals surface area contributed by atoms with Crippen LogP contribution in [0.15, 0.2) is 21.4 Å². The number of benzene rings is 1. The van der Waals surface area contributed by atoms with Crippen molar-refractivity contribution in [2.75, 3.05) is 0 Å². The summed E-state index contributed by atoms with van der Waals surface area (Å²) in [5.41, 5.74) is 0.0300. The number of hydrogen-bond donors (Lipinski definition) is 0. The highest BCUT2D eigenvalue weighted by molar-refractivity contribution is 7.93. The summed E-state index contributed by atoms with van der Waals surface area (Å²) in [7, 11) is -4.28. The first-order valence-electron chi connectivity index (χ1n) is 8.09. The second kappa shape index (κ2) is 5.70. The molecule has 0 saturated heterocycles. The van der Waals surface area contributed by atoms with Gasteiger partial charge in [-0.15, -0.1) is 0 Å². The highest BCUT2D eigenvalue weighted by Gasteiger charge is 2.48. The van der Waals surface area contributed by atoms with Gasteiger partial charge in [0.25, 0.3) is 0 Å². The number of rotatable bonds is 2. The Morgan fingerprint density at radius 1 is 1.21 bits per heavy atom. The number of fused-ring (bicyclic) bond motifs is 1. The minimum atomic E-state index is -4.28. The van der Waals surface area contributed by atoms with Gasteiger partial charge in [-0.2, -0.15) is 0 Å². The van der Waals surface area contributed by atoms with Gasteiger partial charge in [0.05, 0.1) is 5.02 Å². The van der Waals surface area contributed by atoms with E-state index < -0.39 is 20.3 Å². The normalized spacial score (nSPS) is 18.9. The number of alkyl halides is 1. The van der Waals surface area contributed by atoms with E-state index in [2.05, 4.69) is 4.98 Å². The first kappa shape index (κ1) is 17.7. The second-order valence-corrected chi connectivity index (χ2v) is 9.99. The van der Waals surface area contributed by atoms with Gasteiger partial charge in [0.2, 0.25) is 20.7 Å². The number of hydrogen-bond acceptors (Lipinski definition) is 4. The minimum Gasteiger partial charge on any atom is -0.439 e. The minimum absolute atomic E-state index is 0.0116. The van der Waals surface area contributed by atoms with Crippen LogP contribution < -0.4 is 0 Å². The van der Waals surface area contributed by atoms with Gasteiger partial charge in [-0.25, -0.2) is 17.8 Å². The lowest BCUT2D eigenvalue weighted by Gasteiger charge is -2.29. The Kier molecular flexibility index (Phi) is 4.20. The van der Waals surface area contributed by atoms with E-state index in [9.17, 15) is 8.42 Å². The Morgan fingerprint density at radius 2 is 1.83 bits per heavy atom. The fourth-order valence-electron chi connectivity index (χ4n) is 3.05. The zero-order valence-corrected chi connectivity index (χ0v) is 15.6. The monoisotopic (exact) mass is 373 g/mol. The van der Waals surface area contributed by atoms with Gasteiger partial charge >= 0.3 is 0 Å². The largest absolute Gasteiger partial charge is 0.439 e. The molecule has 3 rings (SSSR count). The van der Waals surface area contributed by atoms with Gasteiger partial charge < -0.3 is 4.42 Å². The Labute approximate surface area is 146 Å². The predicted molar refractivity (Wildman–Crippen MR) is 91.8 cm³/mol. The maximum Gasteiger partial charge on any atom is 0.218 e. The predicted octanol–water partition coefficient (Wildman–Crippen LogP) is 5.18. The lowest BCUT2D eigenvalue weighted by molar-refractivity contribution is 0.196. The number of halogens is 2. The Balaban J connectivity index is 2.25. The lowest BCUT2D eigenvalue weighted by Crippen LogP contribution is -2.36. The first-order chi connectivity index (χ1) is 11.1. The summed E-state index contributed by atoms with van der Waals surface area (Å²) in [6, 6.07) is 3.04. The van der Waals surface area contributed by atoms with E-state index in [1.54, 1.807) is 6.07 Å². The van der Waals surface area contributed by atoms with Crippen molar-refractivity contribution in [1.29, 1.82) is 0 Å². The molecule has 0 N–H and O–H groups in total.